The molecular weight excluding hydrogens is 159 g/mol. The summed E-state index contributed by atoms with van der Waals surface area (Å²) in [7, 11) is 0. The standard InChI is InChI=1S/C9H13FO2/c1-3-12-9(11)8(10)6(2)7-4-5-7/h7H,3-5H2,1-2H3/b8-6-. The van der Waals surface area contributed by atoms with Crippen molar-refractivity contribution in [1.82, 2.24) is 0 Å². The predicted molar refractivity (Wildman–Crippen MR) is 43.2 cm³/mol. The van der Waals surface area contributed by atoms with Crippen LogP contribution in [0.5, 0.6) is 0 Å². The molecule has 1 aliphatic carbocycles. The van der Waals surface area contributed by atoms with E-state index in [1.165, 1.54) is 0 Å². The van der Waals surface area contributed by atoms with Gasteiger partial charge in [-0.25, -0.2) is 4.79 Å². The number of carbonyl (C=O) groups is 1. The molecule has 2 nitrogen and oxygen atoms in total. The quantitative estimate of drug-likeness (QED) is 0.482. The Morgan fingerprint density at radius 2 is 2.17 bits per heavy atom. The first-order chi connectivity index (χ1) is 5.66. The molecule has 0 saturated heterocycles. The number of rotatable bonds is 3. The molecule has 1 fully saturated rings. The largest absolute Gasteiger partial charge is 0.461 e. The topological polar surface area (TPSA) is 26.3 Å². The molecule has 0 atom stereocenters. The molecule has 0 amide bonds. The first-order valence-electron chi connectivity index (χ1n) is 4.20. The molecule has 0 radical (unpaired) electrons. The predicted octanol–water partition coefficient (Wildman–Crippen LogP) is 2.20. The van der Waals surface area contributed by atoms with Gasteiger partial charge in [-0.3, -0.25) is 0 Å². The Morgan fingerprint density at radius 1 is 1.58 bits per heavy atom. The van der Waals surface area contributed by atoms with Crippen molar-refractivity contribution in [2.24, 2.45) is 5.92 Å². The molecule has 0 aromatic carbocycles. The van der Waals surface area contributed by atoms with Crippen molar-refractivity contribution in [3.63, 3.8) is 0 Å². The molecule has 0 N–H and O–H groups in total. The molecule has 1 aliphatic rings. The van der Waals surface area contributed by atoms with Gasteiger partial charge in [0.25, 0.3) is 0 Å². The fraction of sp³-hybridized carbons (Fsp3) is 0.667. The summed E-state index contributed by atoms with van der Waals surface area (Å²) >= 11 is 0. The third-order valence-electron chi connectivity index (χ3n) is 1.99. The highest BCUT2D eigenvalue weighted by atomic mass is 19.1. The second-order valence-corrected chi connectivity index (χ2v) is 2.99. The Balaban J connectivity index is 2.59. The second-order valence-electron chi connectivity index (χ2n) is 2.99. The Bertz CT molecular complexity index is 217. The number of halogens is 1. The third kappa shape index (κ3) is 2.06. The molecule has 12 heavy (non-hydrogen) atoms. The van der Waals surface area contributed by atoms with Gasteiger partial charge in [0, 0.05) is 0 Å². The summed E-state index contributed by atoms with van der Waals surface area (Å²) in [5, 5.41) is 0. The lowest BCUT2D eigenvalue weighted by Gasteiger charge is -2.01. The normalized spacial score (nSPS) is 18.6. The number of allylic oxidation sites excluding steroid dienone is 1. The van der Waals surface area contributed by atoms with Crippen LogP contribution in [0.2, 0.25) is 0 Å². The maximum Gasteiger partial charge on any atom is 0.367 e. The van der Waals surface area contributed by atoms with Gasteiger partial charge in [0.05, 0.1) is 6.61 Å². The van der Waals surface area contributed by atoms with Gasteiger partial charge < -0.3 is 4.74 Å². The molecule has 0 aliphatic heterocycles. The smallest absolute Gasteiger partial charge is 0.367 e. The second kappa shape index (κ2) is 3.70. The fourth-order valence-corrected chi connectivity index (χ4v) is 1.05. The van der Waals surface area contributed by atoms with E-state index in [2.05, 4.69) is 4.74 Å². The van der Waals surface area contributed by atoms with E-state index in [1.807, 2.05) is 0 Å². The van der Waals surface area contributed by atoms with E-state index < -0.39 is 11.8 Å². The molecule has 3 heteroatoms. The maximum atomic E-state index is 13.1. The van der Waals surface area contributed by atoms with Crippen LogP contribution in [0.3, 0.4) is 0 Å². The highest BCUT2D eigenvalue weighted by molar-refractivity contribution is 5.86. The summed E-state index contributed by atoms with van der Waals surface area (Å²) < 4.78 is 17.6. The first-order valence-corrected chi connectivity index (χ1v) is 4.20. The Kier molecular flexibility index (Phi) is 2.84. The van der Waals surface area contributed by atoms with Crippen molar-refractivity contribution in [1.29, 1.82) is 0 Å². The van der Waals surface area contributed by atoms with Gasteiger partial charge in [-0.1, -0.05) is 0 Å². The van der Waals surface area contributed by atoms with E-state index in [0.717, 1.165) is 12.8 Å². The first kappa shape index (κ1) is 9.23. The molecule has 1 rings (SSSR count). The minimum Gasteiger partial charge on any atom is -0.461 e. The van der Waals surface area contributed by atoms with Crippen molar-refractivity contribution in [3.05, 3.63) is 11.4 Å². The van der Waals surface area contributed by atoms with Crippen LogP contribution < -0.4 is 0 Å². The number of ether oxygens (including phenoxy) is 1. The molecule has 1 saturated carbocycles. The average Bonchev–Trinajstić information content (AvgIpc) is 2.84. The van der Waals surface area contributed by atoms with Gasteiger partial charge in [0.1, 0.15) is 0 Å². The molecule has 0 unspecified atom stereocenters. The third-order valence-corrected chi connectivity index (χ3v) is 1.99. The number of esters is 1. The van der Waals surface area contributed by atoms with Crippen LogP contribution in [-0.4, -0.2) is 12.6 Å². The molecular formula is C9H13FO2. The SMILES string of the molecule is CCOC(=O)/C(F)=C(\C)C1CC1. The lowest BCUT2D eigenvalue weighted by molar-refractivity contribution is -0.140. The van der Waals surface area contributed by atoms with Crippen LogP contribution in [0.15, 0.2) is 11.4 Å². The van der Waals surface area contributed by atoms with Crippen LogP contribution in [0, 0.1) is 5.92 Å². The number of carbonyl (C=O) groups excluding carboxylic acids is 1. The average molecular weight is 172 g/mol. The van der Waals surface area contributed by atoms with Crippen molar-refractivity contribution in [2.45, 2.75) is 26.7 Å². The van der Waals surface area contributed by atoms with Crippen molar-refractivity contribution in [2.75, 3.05) is 6.61 Å². The van der Waals surface area contributed by atoms with E-state index in [9.17, 15) is 9.18 Å². The Hall–Kier alpha value is -0.860. The molecule has 0 bridgehead atoms. The van der Waals surface area contributed by atoms with Crippen molar-refractivity contribution in [3.8, 4) is 0 Å². The molecule has 68 valence electrons. The molecule has 0 spiro atoms. The van der Waals surface area contributed by atoms with Crippen molar-refractivity contribution < 1.29 is 13.9 Å². The van der Waals surface area contributed by atoms with E-state index in [0.29, 0.717) is 5.57 Å². The number of hydrogen-bond acceptors (Lipinski definition) is 2. The van der Waals surface area contributed by atoms with Gasteiger partial charge in [-0.05, 0) is 38.2 Å². The highest BCUT2D eigenvalue weighted by Gasteiger charge is 2.28. The van der Waals surface area contributed by atoms with Crippen molar-refractivity contribution >= 4 is 5.97 Å². The maximum absolute atomic E-state index is 13.1. The minimum absolute atomic E-state index is 0.226. The van der Waals surface area contributed by atoms with E-state index >= 15 is 0 Å². The highest BCUT2D eigenvalue weighted by Crippen LogP contribution is 2.38. The van der Waals surface area contributed by atoms with Gasteiger partial charge >= 0.3 is 5.97 Å². The number of hydrogen-bond donors (Lipinski definition) is 0. The minimum atomic E-state index is -0.818. The molecule has 0 aromatic rings. The van der Waals surface area contributed by atoms with Crippen LogP contribution >= 0.6 is 0 Å². The van der Waals surface area contributed by atoms with E-state index in [4.69, 9.17) is 0 Å². The zero-order valence-corrected chi connectivity index (χ0v) is 7.39. The summed E-state index contributed by atoms with van der Waals surface area (Å²) in [6.07, 6.45) is 2.00. The van der Waals surface area contributed by atoms with Crippen LogP contribution in [0.4, 0.5) is 4.39 Å². The van der Waals surface area contributed by atoms with Crippen LogP contribution in [0.25, 0.3) is 0 Å². The summed E-state index contributed by atoms with van der Waals surface area (Å²) in [6.45, 7) is 3.55. The zero-order valence-electron chi connectivity index (χ0n) is 7.39. The Morgan fingerprint density at radius 3 is 2.58 bits per heavy atom. The summed E-state index contributed by atoms with van der Waals surface area (Å²) in [5.41, 5.74) is 0.549. The molecule has 0 heterocycles. The van der Waals surface area contributed by atoms with Crippen LogP contribution in [-0.2, 0) is 9.53 Å². The van der Waals surface area contributed by atoms with Gasteiger partial charge in [-0.15, -0.1) is 0 Å². The summed E-state index contributed by atoms with van der Waals surface area (Å²) in [5.74, 6) is -1.23. The van der Waals surface area contributed by atoms with Gasteiger partial charge in [0.15, 0.2) is 0 Å². The lowest BCUT2D eigenvalue weighted by Crippen LogP contribution is -2.06. The van der Waals surface area contributed by atoms with Gasteiger partial charge in [-0.2, -0.15) is 4.39 Å². The summed E-state index contributed by atoms with van der Waals surface area (Å²) in [6, 6.07) is 0. The molecule has 0 aromatic heterocycles. The van der Waals surface area contributed by atoms with Gasteiger partial charge in [0.2, 0.25) is 5.83 Å². The zero-order chi connectivity index (χ0) is 9.14. The van der Waals surface area contributed by atoms with Crippen LogP contribution in [0.1, 0.15) is 26.7 Å². The van der Waals surface area contributed by atoms with E-state index in [1.54, 1.807) is 13.8 Å². The lowest BCUT2D eigenvalue weighted by atomic mass is 10.2. The Labute approximate surface area is 71.4 Å². The summed E-state index contributed by atoms with van der Waals surface area (Å²) in [4.78, 5) is 10.9. The fourth-order valence-electron chi connectivity index (χ4n) is 1.05. The van der Waals surface area contributed by atoms with E-state index in [-0.39, 0.29) is 12.5 Å². The monoisotopic (exact) mass is 172 g/mol.